The van der Waals surface area contributed by atoms with Gasteiger partial charge >= 0.3 is 6.18 Å². The molecule has 7 heteroatoms. The highest BCUT2D eigenvalue weighted by Gasteiger charge is 2.26. The second-order valence-electron chi connectivity index (χ2n) is 5.85. The molecule has 134 valence electrons. The van der Waals surface area contributed by atoms with Gasteiger partial charge in [0, 0.05) is 32.7 Å². The molecule has 0 unspecified atom stereocenters. The van der Waals surface area contributed by atoms with E-state index in [0.29, 0.717) is 19.0 Å². The number of aliphatic imine (C=N–C) groups is 1. The SMILES string of the molecule is CCNC(=NCCC(F)(F)F)NCCN1CCc2ccccc2C1. The number of fused-ring (bicyclic) bond motifs is 1. The maximum absolute atomic E-state index is 12.2. The van der Waals surface area contributed by atoms with Crippen molar-refractivity contribution in [2.45, 2.75) is 32.5 Å². The molecule has 24 heavy (non-hydrogen) atoms. The van der Waals surface area contributed by atoms with Gasteiger partial charge in [0.15, 0.2) is 5.96 Å². The molecule has 2 rings (SSSR count). The molecule has 0 saturated carbocycles. The lowest BCUT2D eigenvalue weighted by Crippen LogP contribution is -2.42. The van der Waals surface area contributed by atoms with Gasteiger partial charge in [-0.25, -0.2) is 0 Å². The first-order valence-electron chi connectivity index (χ1n) is 8.36. The van der Waals surface area contributed by atoms with Gasteiger partial charge in [-0.2, -0.15) is 13.2 Å². The quantitative estimate of drug-likeness (QED) is 0.617. The molecule has 0 radical (unpaired) electrons. The summed E-state index contributed by atoms with van der Waals surface area (Å²) in [6, 6.07) is 8.44. The predicted octanol–water partition coefficient (Wildman–Crippen LogP) is 2.55. The highest BCUT2D eigenvalue weighted by molar-refractivity contribution is 5.79. The van der Waals surface area contributed by atoms with Crippen molar-refractivity contribution < 1.29 is 13.2 Å². The Bertz CT molecular complexity index is 543. The Kier molecular flexibility index (Phi) is 6.90. The summed E-state index contributed by atoms with van der Waals surface area (Å²) in [5.41, 5.74) is 2.76. The zero-order chi connectivity index (χ0) is 17.4. The van der Waals surface area contributed by atoms with E-state index < -0.39 is 12.6 Å². The number of benzene rings is 1. The molecule has 0 fully saturated rings. The molecule has 0 bridgehead atoms. The minimum absolute atomic E-state index is 0.254. The Morgan fingerprint density at radius 1 is 1.21 bits per heavy atom. The summed E-state index contributed by atoms with van der Waals surface area (Å²) in [6.07, 6.45) is -4.02. The van der Waals surface area contributed by atoms with Crippen molar-refractivity contribution in [3.8, 4) is 0 Å². The first-order valence-corrected chi connectivity index (χ1v) is 8.36. The maximum Gasteiger partial charge on any atom is 0.390 e. The van der Waals surface area contributed by atoms with Gasteiger partial charge in [-0.1, -0.05) is 24.3 Å². The lowest BCUT2D eigenvalue weighted by atomic mass is 10.00. The van der Waals surface area contributed by atoms with Crippen molar-refractivity contribution in [1.82, 2.24) is 15.5 Å². The van der Waals surface area contributed by atoms with Crippen LogP contribution in [0.3, 0.4) is 0 Å². The lowest BCUT2D eigenvalue weighted by Gasteiger charge is -2.28. The largest absolute Gasteiger partial charge is 0.390 e. The van der Waals surface area contributed by atoms with E-state index >= 15 is 0 Å². The first-order chi connectivity index (χ1) is 11.5. The third-order valence-corrected chi connectivity index (χ3v) is 3.94. The second kappa shape index (κ2) is 8.92. The van der Waals surface area contributed by atoms with Gasteiger partial charge in [0.1, 0.15) is 0 Å². The molecule has 0 aromatic heterocycles. The first kappa shape index (κ1) is 18.6. The van der Waals surface area contributed by atoms with Crippen molar-refractivity contribution in [3.63, 3.8) is 0 Å². The molecular weight excluding hydrogens is 317 g/mol. The minimum Gasteiger partial charge on any atom is -0.357 e. The minimum atomic E-state index is -4.16. The number of halogens is 3. The van der Waals surface area contributed by atoms with Crippen LogP contribution < -0.4 is 10.6 Å². The van der Waals surface area contributed by atoms with Crippen molar-refractivity contribution in [1.29, 1.82) is 0 Å². The van der Waals surface area contributed by atoms with Crippen LogP contribution in [0.5, 0.6) is 0 Å². The monoisotopic (exact) mass is 342 g/mol. The van der Waals surface area contributed by atoms with E-state index in [1.54, 1.807) is 0 Å². The smallest absolute Gasteiger partial charge is 0.357 e. The number of nitrogens with zero attached hydrogens (tertiary/aromatic N) is 2. The average Bonchev–Trinajstić information content (AvgIpc) is 2.53. The molecule has 0 atom stereocenters. The van der Waals surface area contributed by atoms with Gasteiger partial charge in [-0.05, 0) is 24.5 Å². The highest BCUT2D eigenvalue weighted by Crippen LogP contribution is 2.19. The predicted molar refractivity (Wildman–Crippen MR) is 90.1 cm³/mol. The van der Waals surface area contributed by atoms with Gasteiger partial charge < -0.3 is 10.6 Å². The van der Waals surface area contributed by atoms with Crippen LogP contribution in [0, 0.1) is 0 Å². The van der Waals surface area contributed by atoms with Gasteiger partial charge in [-0.15, -0.1) is 0 Å². The third-order valence-electron chi connectivity index (χ3n) is 3.94. The summed E-state index contributed by atoms with van der Waals surface area (Å²) in [6.45, 7) is 5.66. The number of nitrogens with one attached hydrogen (secondary N) is 2. The molecule has 1 heterocycles. The van der Waals surface area contributed by atoms with E-state index in [1.807, 2.05) is 6.92 Å². The molecule has 1 aliphatic rings. The topological polar surface area (TPSA) is 39.7 Å². The van der Waals surface area contributed by atoms with E-state index in [0.717, 1.165) is 26.1 Å². The van der Waals surface area contributed by atoms with Crippen LogP contribution >= 0.6 is 0 Å². The van der Waals surface area contributed by atoms with Gasteiger partial charge in [0.05, 0.1) is 13.0 Å². The van der Waals surface area contributed by atoms with Crippen molar-refractivity contribution in [3.05, 3.63) is 35.4 Å². The molecule has 2 N–H and O–H groups in total. The normalized spacial score (nSPS) is 15.9. The summed E-state index contributed by atoms with van der Waals surface area (Å²) in [5.74, 6) is 0.444. The molecule has 1 aliphatic heterocycles. The Morgan fingerprint density at radius 2 is 1.96 bits per heavy atom. The Labute approximate surface area is 141 Å². The standard InChI is InChI=1S/C17H25F3N4/c1-2-21-16(22-9-8-17(18,19)20)23-10-12-24-11-7-14-5-3-4-6-15(14)13-24/h3-6H,2,7-13H2,1H3,(H2,21,22,23). The fraction of sp³-hybridized carbons (Fsp3) is 0.588. The van der Waals surface area contributed by atoms with E-state index in [1.165, 1.54) is 11.1 Å². The van der Waals surface area contributed by atoms with E-state index in [9.17, 15) is 13.2 Å². The number of guanidine groups is 1. The van der Waals surface area contributed by atoms with Gasteiger partial charge in [0.25, 0.3) is 0 Å². The van der Waals surface area contributed by atoms with Crippen LogP contribution in [-0.4, -0.2) is 49.8 Å². The van der Waals surface area contributed by atoms with Crippen LogP contribution in [0.2, 0.25) is 0 Å². The molecule has 0 amide bonds. The Morgan fingerprint density at radius 3 is 2.67 bits per heavy atom. The van der Waals surface area contributed by atoms with Crippen molar-refractivity contribution >= 4 is 5.96 Å². The van der Waals surface area contributed by atoms with Crippen molar-refractivity contribution in [2.24, 2.45) is 4.99 Å². The number of hydrogen-bond acceptors (Lipinski definition) is 2. The average molecular weight is 342 g/mol. The zero-order valence-electron chi connectivity index (χ0n) is 14.0. The second-order valence-corrected chi connectivity index (χ2v) is 5.85. The van der Waals surface area contributed by atoms with Gasteiger partial charge in [0.2, 0.25) is 0 Å². The molecule has 0 spiro atoms. The summed E-state index contributed by atoms with van der Waals surface area (Å²) in [5, 5.41) is 6.08. The van der Waals surface area contributed by atoms with Gasteiger partial charge in [-0.3, -0.25) is 9.89 Å². The molecule has 1 aromatic rings. The van der Waals surface area contributed by atoms with Crippen molar-refractivity contribution in [2.75, 3.05) is 32.7 Å². The van der Waals surface area contributed by atoms with Crippen LogP contribution in [0.4, 0.5) is 13.2 Å². The number of alkyl halides is 3. The number of hydrogen-bond donors (Lipinski definition) is 2. The Balaban J connectivity index is 1.75. The van der Waals surface area contributed by atoms with E-state index in [2.05, 4.69) is 44.8 Å². The van der Waals surface area contributed by atoms with Crippen LogP contribution in [0.15, 0.2) is 29.3 Å². The fourth-order valence-electron chi connectivity index (χ4n) is 2.71. The highest BCUT2D eigenvalue weighted by atomic mass is 19.4. The Hall–Kier alpha value is -1.76. The molecule has 4 nitrogen and oxygen atoms in total. The fourth-order valence-corrected chi connectivity index (χ4v) is 2.71. The van der Waals surface area contributed by atoms with Crippen LogP contribution in [0.25, 0.3) is 0 Å². The zero-order valence-corrected chi connectivity index (χ0v) is 14.0. The summed E-state index contributed by atoms with van der Waals surface area (Å²) < 4.78 is 36.6. The van der Waals surface area contributed by atoms with Crippen LogP contribution in [-0.2, 0) is 13.0 Å². The summed E-state index contributed by atoms with van der Waals surface area (Å²) in [7, 11) is 0. The molecule has 1 aromatic carbocycles. The number of rotatable bonds is 6. The van der Waals surface area contributed by atoms with Crippen LogP contribution in [0.1, 0.15) is 24.5 Å². The van der Waals surface area contributed by atoms with E-state index in [-0.39, 0.29) is 6.54 Å². The maximum atomic E-state index is 12.2. The summed E-state index contributed by atoms with van der Waals surface area (Å²) in [4.78, 5) is 6.32. The lowest BCUT2D eigenvalue weighted by molar-refractivity contribution is -0.132. The third kappa shape index (κ3) is 6.39. The molecule has 0 aliphatic carbocycles. The van der Waals surface area contributed by atoms with E-state index in [4.69, 9.17) is 0 Å². The molecule has 0 saturated heterocycles. The molecular formula is C17H25F3N4. The summed E-state index contributed by atoms with van der Waals surface area (Å²) >= 11 is 0.